The van der Waals surface area contributed by atoms with Crippen molar-refractivity contribution in [2.24, 2.45) is 0 Å². The van der Waals surface area contributed by atoms with E-state index in [1.165, 1.54) is 18.4 Å². The molecule has 0 atom stereocenters. The number of para-hydroxylation sites is 1. The van der Waals surface area contributed by atoms with Crippen LogP contribution in [0, 0.1) is 0 Å². The first kappa shape index (κ1) is 13.2. The SMILES string of the molecule is CCOc1cccc(CNC2CC2)c1OC(C)C. The fraction of sp³-hybridized carbons (Fsp3) is 0.600. The maximum Gasteiger partial charge on any atom is 0.166 e. The Morgan fingerprint density at radius 2 is 2.11 bits per heavy atom. The maximum absolute atomic E-state index is 5.92. The van der Waals surface area contributed by atoms with E-state index in [9.17, 15) is 0 Å². The predicted octanol–water partition coefficient (Wildman–Crippen LogP) is 3.12. The van der Waals surface area contributed by atoms with Crippen LogP contribution in [0.2, 0.25) is 0 Å². The highest BCUT2D eigenvalue weighted by atomic mass is 16.5. The molecular formula is C15H23NO2. The molecule has 3 heteroatoms. The van der Waals surface area contributed by atoms with Gasteiger partial charge in [0.15, 0.2) is 11.5 Å². The van der Waals surface area contributed by atoms with Gasteiger partial charge in [0.25, 0.3) is 0 Å². The summed E-state index contributed by atoms with van der Waals surface area (Å²) in [6, 6.07) is 6.81. The molecule has 100 valence electrons. The lowest BCUT2D eigenvalue weighted by atomic mass is 10.1. The molecular weight excluding hydrogens is 226 g/mol. The molecule has 18 heavy (non-hydrogen) atoms. The Morgan fingerprint density at radius 1 is 1.33 bits per heavy atom. The van der Waals surface area contributed by atoms with Crippen molar-refractivity contribution < 1.29 is 9.47 Å². The van der Waals surface area contributed by atoms with Gasteiger partial charge in [-0.3, -0.25) is 0 Å². The Hall–Kier alpha value is -1.22. The molecule has 0 amide bonds. The Balaban J connectivity index is 2.15. The summed E-state index contributed by atoms with van der Waals surface area (Å²) in [6.07, 6.45) is 2.75. The summed E-state index contributed by atoms with van der Waals surface area (Å²) in [4.78, 5) is 0. The zero-order valence-corrected chi connectivity index (χ0v) is 11.5. The van der Waals surface area contributed by atoms with Crippen LogP contribution in [-0.2, 0) is 6.54 Å². The molecule has 3 nitrogen and oxygen atoms in total. The minimum Gasteiger partial charge on any atom is -0.490 e. The Morgan fingerprint density at radius 3 is 2.72 bits per heavy atom. The van der Waals surface area contributed by atoms with E-state index < -0.39 is 0 Å². The van der Waals surface area contributed by atoms with E-state index >= 15 is 0 Å². The smallest absolute Gasteiger partial charge is 0.166 e. The molecule has 0 aromatic heterocycles. The molecule has 1 aliphatic rings. The highest BCUT2D eigenvalue weighted by Crippen LogP contribution is 2.33. The van der Waals surface area contributed by atoms with Gasteiger partial charge in [-0.1, -0.05) is 12.1 Å². The number of hydrogen-bond donors (Lipinski definition) is 1. The van der Waals surface area contributed by atoms with Crippen molar-refractivity contribution in [1.82, 2.24) is 5.32 Å². The second-order valence-electron chi connectivity index (χ2n) is 5.00. The van der Waals surface area contributed by atoms with Gasteiger partial charge in [0.05, 0.1) is 12.7 Å². The normalized spacial score (nSPS) is 14.9. The molecule has 1 saturated carbocycles. The minimum absolute atomic E-state index is 0.159. The van der Waals surface area contributed by atoms with E-state index in [2.05, 4.69) is 11.4 Å². The van der Waals surface area contributed by atoms with Crippen LogP contribution in [0.15, 0.2) is 18.2 Å². The maximum atomic E-state index is 5.92. The Labute approximate surface area is 109 Å². The molecule has 1 aromatic rings. The third-order valence-corrected chi connectivity index (χ3v) is 2.87. The summed E-state index contributed by atoms with van der Waals surface area (Å²) in [7, 11) is 0. The highest BCUT2D eigenvalue weighted by molar-refractivity contribution is 5.46. The van der Waals surface area contributed by atoms with Crippen LogP contribution < -0.4 is 14.8 Å². The van der Waals surface area contributed by atoms with Crippen LogP contribution in [0.3, 0.4) is 0 Å². The minimum atomic E-state index is 0.159. The van der Waals surface area contributed by atoms with E-state index in [1.54, 1.807) is 0 Å². The zero-order valence-electron chi connectivity index (χ0n) is 11.5. The largest absolute Gasteiger partial charge is 0.490 e. The lowest BCUT2D eigenvalue weighted by molar-refractivity contribution is 0.221. The number of nitrogens with one attached hydrogen (secondary N) is 1. The van der Waals surface area contributed by atoms with Gasteiger partial charge in [0, 0.05) is 18.2 Å². The standard InChI is InChI=1S/C15H23NO2/c1-4-17-14-7-5-6-12(10-16-13-8-9-13)15(14)18-11(2)3/h5-7,11,13,16H,4,8-10H2,1-3H3. The van der Waals surface area contributed by atoms with Crippen molar-refractivity contribution >= 4 is 0 Å². The third kappa shape index (κ3) is 3.64. The lowest BCUT2D eigenvalue weighted by Gasteiger charge is -2.18. The molecule has 2 rings (SSSR count). The molecule has 1 fully saturated rings. The summed E-state index contributed by atoms with van der Waals surface area (Å²) in [5, 5.41) is 3.52. The summed E-state index contributed by atoms with van der Waals surface area (Å²) in [5.74, 6) is 1.74. The van der Waals surface area contributed by atoms with Crippen LogP contribution in [-0.4, -0.2) is 18.8 Å². The van der Waals surface area contributed by atoms with E-state index in [0.29, 0.717) is 12.6 Å². The van der Waals surface area contributed by atoms with Crippen LogP contribution >= 0.6 is 0 Å². The number of benzene rings is 1. The Bertz CT molecular complexity index is 386. The molecule has 0 heterocycles. The molecule has 0 radical (unpaired) electrons. The number of ether oxygens (including phenoxy) is 2. The fourth-order valence-corrected chi connectivity index (χ4v) is 1.88. The van der Waals surface area contributed by atoms with Crippen molar-refractivity contribution in [2.45, 2.75) is 52.3 Å². The summed E-state index contributed by atoms with van der Waals surface area (Å²) >= 11 is 0. The Kier molecular flexibility index (Phi) is 4.48. The van der Waals surface area contributed by atoms with Crippen molar-refractivity contribution in [3.05, 3.63) is 23.8 Å². The van der Waals surface area contributed by atoms with Crippen molar-refractivity contribution in [2.75, 3.05) is 6.61 Å². The average molecular weight is 249 g/mol. The van der Waals surface area contributed by atoms with Crippen LogP contribution in [0.5, 0.6) is 11.5 Å². The van der Waals surface area contributed by atoms with Crippen molar-refractivity contribution in [1.29, 1.82) is 0 Å². The molecule has 1 aliphatic carbocycles. The summed E-state index contributed by atoms with van der Waals surface area (Å²) < 4.78 is 11.6. The van der Waals surface area contributed by atoms with E-state index in [1.807, 2.05) is 32.9 Å². The zero-order chi connectivity index (χ0) is 13.0. The number of hydrogen-bond acceptors (Lipinski definition) is 3. The molecule has 1 aromatic carbocycles. The van der Waals surface area contributed by atoms with E-state index in [4.69, 9.17) is 9.47 Å². The number of rotatable bonds is 7. The molecule has 0 saturated heterocycles. The van der Waals surface area contributed by atoms with Crippen molar-refractivity contribution in [3.63, 3.8) is 0 Å². The van der Waals surface area contributed by atoms with Crippen LogP contribution in [0.4, 0.5) is 0 Å². The second-order valence-corrected chi connectivity index (χ2v) is 5.00. The lowest BCUT2D eigenvalue weighted by Crippen LogP contribution is -2.17. The second kappa shape index (κ2) is 6.10. The summed E-state index contributed by atoms with van der Waals surface area (Å²) in [6.45, 7) is 7.59. The highest BCUT2D eigenvalue weighted by Gasteiger charge is 2.21. The average Bonchev–Trinajstić information content (AvgIpc) is 3.13. The molecule has 0 aliphatic heterocycles. The van der Waals surface area contributed by atoms with Gasteiger partial charge in [-0.15, -0.1) is 0 Å². The monoisotopic (exact) mass is 249 g/mol. The van der Waals surface area contributed by atoms with Gasteiger partial charge in [-0.25, -0.2) is 0 Å². The van der Waals surface area contributed by atoms with E-state index in [-0.39, 0.29) is 6.10 Å². The van der Waals surface area contributed by atoms with Gasteiger partial charge in [0.2, 0.25) is 0 Å². The quantitative estimate of drug-likeness (QED) is 0.805. The third-order valence-electron chi connectivity index (χ3n) is 2.87. The first-order valence-corrected chi connectivity index (χ1v) is 6.85. The van der Waals surface area contributed by atoms with Gasteiger partial charge < -0.3 is 14.8 Å². The first-order valence-electron chi connectivity index (χ1n) is 6.85. The first-order chi connectivity index (χ1) is 8.70. The predicted molar refractivity (Wildman–Crippen MR) is 73.2 cm³/mol. The fourth-order valence-electron chi connectivity index (χ4n) is 1.88. The van der Waals surface area contributed by atoms with Crippen molar-refractivity contribution in [3.8, 4) is 11.5 Å². The van der Waals surface area contributed by atoms with E-state index in [0.717, 1.165) is 18.0 Å². The topological polar surface area (TPSA) is 30.5 Å². The van der Waals surface area contributed by atoms with Crippen LogP contribution in [0.1, 0.15) is 39.2 Å². The van der Waals surface area contributed by atoms with Crippen LogP contribution in [0.25, 0.3) is 0 Å². The molecule has 0 spiro atoms. The molecule has 0 unspecified atom stereocenters. The summed E-state index contributed by atoms with van der Waals surface area (Å²) in [5.41, 5.74) is 1.18. The van der Waals surface area contributed by atoms with Gasteiger partial charge in [-0.05, 0) is 39.7 Å². The van der Waals surface area contributed by atoms with Gasteiger partial charge in [0.1, 0.15) is 0 Å². The molecule has 0 bridgehead atoms. The van der Waals surface area contributed by atoms with Gasteiger partial charge >= 0.3 is 0 Å². The van der Waals surface area contributed by atoms with Gasteiger partial charge in [-0.2, -0.15) is 0 Å². The molecule has 1 N–H and O–H groups in total.